The zero-order valence-corrected chi connectivity index (χ0v) is 30.3. The topological polar surface area (TPSA) is 30.9 Å². The van der Waals surface area contributed by atoms with Gasteiger partial charge in [-0.1, -0.05) is 182 Å². The summed E-state index contributed by atoms with van der Waals surface area (Å²) < 4.78 is 20.2. The number of benzene rings is 6. The first kappa shape index (κ1) is 35.3. The molecule has 49 heavy (non-hydrogen) atoms. The quantitative estimate of drug-likeness (QED) is 0.0871. The molecule has 0 saturated heterocycles. The second-order valence-electron chi connectivity index (χ2n) is 11.2. The average molecular weight is 702 g/mol. The van der Waals surface area contributed by atoms with Gasteiger partial charge < -0.3 is 13.6 Å². The third-order valence-corrected chi connectivity index (χ3v) is 13.8. The Morgan fingerprint density at radius 1 is 0.286 bits per heavy atom. The molecule has 6 aromatic rings. The molecule has 6 aromatic carbocycles. The van der Waals surface area contributed by atoms with Crippen molar-refractivity contribution in [1.29, 1.82) is 0 Å². The van der Waals surface area contributed by atoms with Crippen LogP contribution >= 0.6 is 24.4 Å². The molecule has 0 aromatic heterocycles. The number of rotatable bonds is 18. The highest BCUT2D eigenvalue weighted by Crippen LogP contribution is 2.37. The van der Waals surface area contributed by atoms with Crippen molar-refractivity contribution in [2.24, 2.45) is 0 Å². The van der Waals surface area contributed by atoms with E-state index in [2.05, 4.69) is 187 Å². The molecule has 0 saturated carbocycles. The van der Waals surface area contributed by atoms with E-state index >= 15 is 0 Å². The summed E-state index contributed by atoms with van der Waals surface area (Å²) in [6.07, 6.45) is 0. The summed E-state index contributed by atoms with van der Waals surface area (Å²) in [4.78, 5) is 2.43. The highest BCUT2D eigenvalue weighted by Gasteiger charge is 2.19. The maximum Gasteiger partial charge on any atom is 0.0918 e. The van der Waals surface area contributed by atoms with Crippen LogP contribution in [0.5, 0.6) is 0 Å². The van der Waals surface area contributed by atoms with Crippen LogP contribution in [0.4, 0.5) is 0 Å². The first-order valence-electron chi connectivity index (χ1n) is 16.7. The van der Waals surface area contributed by atoms with E-state index in [9.17, 15) is 0 Å². The van der Waals surface area contributed by atoms with Gasteiger partial charge in [0.05, 0.1) is 44.3 Å². The first-order valence-corrected chi connectivity index (χ1v) is 20.4. The largest absolute Gasteiger partial charge is 0.348 e. The van der Waals surface area contributed by atoms with Crippen molar-refractivity contribution in [1.82, 2.24) is 4.90 Å². The molecule has 6 rings (SSSR count). The van der Waals surface area contributed by atoms with Gasteiger partial charge in [0.2, 0.25) is 0 Å². The van der Waals surface area contributed by atoms with Gasteiger partial charge in [-0.25, -0.2) is 0 Å². The maximum absolute atomic E-state index is 6.73. The SMILES string of the molecule is c1ccc(P(OCCN(CCOP(c2ccccc2)c2ccccc2)CCOP(c2ccccc2)c2ccccc2)c2ccccc2)cc1. The Kier molecular flexibility index (Phi) is 14.1. The third kappa shape index (κ3) is 10.7. The molecule has 248 valence electrons. The van der Waals surface area contributed by atoms with E-state index in [-0.39, 0.29) is 0 Å². The van der Waals surface area contributed by atoms with Gasteiger partial charge in [0.25, 0.3) is 0 Å². The lowest BCUT2D eigenvalue weighted by Gasteiger charge is -2.27. The molecule has 0 spiro atoms. The van der Waals surface area contributed by atoms with Gasteiger partial charge in [-0.15, -0.1) is 0 Å². The van der Waals surface area contributed by atoms with Crippen LogP contribution in [0.2, 0.25) is 0 Å². The van der Waals surface area contributed by atoms with Crippen LogP contribution in [-0.2, 0) is 13.6 Å². The third-order valence-electron chi connectivity index (χ3n) is 7.83. The average Bonchev–Trinajstić information content (AvgIpc) is 3.18. The van der Waals surface area contributed by atoms with Gasteiger partial charge in [-0.05, 0) is 0 Å². The van der Waals surface area contributed by atoms with Crippen LogP contribution in [0.25, 0.3) is 0 Å². The highest BCUT2D eigenvalue weighted by molar-refractivity contribution is 7.69. The Hall–Kier alpha value is -3.55. The molecule has 0 atom stereocenters. The minimum Gasteiger partial charge on any atom is -0.348 e. The maximum atomic E-state index is 6.73. The van der Waals surface area contributed by atoms with Crippen molar-refractivity contribution in [2.45, 2.75) is 0 Å². The lowest BCUT2D eigenvalue weighted by atomic mass is 10.4. The minimum atomic E-state index is -0.932. The van der Waals surface area contributed by atoms with E-state index in [4.69, 9.17) is 13.6 Å². The first-order chi connectivity index (χ1) is 24.3. The smallest absolute Gasteiger partial charge is 0.0918 e. The van der Waals surface area contributed by atoms with Crippen LogP contribution < -0.4 is 31.8 Å². The van der Waals surface area contributed by atoms with Crippen molar-refractivity contribution in [3.8, 4) is 0 Å². The van der Waals surface area contributed by atoms with E-state index in [1.54, 1.807) is 0 Å². The molecule has 0 unspecified atom stereocenters. The van der Waals surface area contributed by atoms with Crippen LogP contribution in [0.3, 0.4) is 0 Å². The Morgan fingerprint density at radius 2 is 0.469 bits per heavy atom. The summed E-state index contributed by atoms with van der Waals surface area (Å²) in [5, 5.41) is 7.30. The molecular formula is C42H42NO3P3. The fraction of sp³-hybridized carbons (Fsp3) is 0.143. The van der Waals surface area contributed by atoms with E-state index in [1.165, 1.54) is 31.8 Å². The second kappa shape index (κ2) is 19.6. The normalized spacial score (nSPS) is 11.5. The molecule has 0 radical (unpaired) electrons. The molecule has 0 N–H and O–H groups in total. The van der Waals surface area contributed by atoms with E-state index in [0.29, 0.717) is 19.8 Å². The summed E-state index contributed by atoms with van der Waals surface area (Å²) in [6, 6.07) is 63.5. The zero-order chi connectivity index (χ0) is 33.4. The van der Waals surface area contributed by atoms with Gasteiger partial charge in [0, 0.05) is 51.5 Å². The van der Waals surface area contributed by atoms with Gasteiger partial charge in [-0.2, -0.15) is 0 Å². The molecule has 7 heteroatoms. The van der Waals surface area contributed by atoms with Crippen LogP contribution in [-0.4, -0.2) is 44.4 Å². The monoisotopic (exact) mass is 701 g/mol. The van der Waals surface area contributed by atoms with Gasteiger partial charge in [0.1, 0.15) is 0 Å². The van der Waals surface area contributed by atoms with Crippen molar-refractivity contribution in [3.63, 3.8) is 0 Å². The van der Waals surface area contributed by atoms with Crippen molar-refractivity contribution < 1.29 is 13.6 Å². The lowest BCUT2D eigenvalue weighted by Crippen LogP contribution is -2.34. The van der Waals surface area contributed by atoms with E-state index in [0.717, 1.165) is 19.6 Å². The molecule has 0 aliphatic rings. The highest BCUT2D eigenvalue weighted by atomic mass is 31.1. The van der Waals surface area contributed by atoms with Gasteiger partial charge >= 0.3 is 0 Å². The molecule has 4 nitrogen and oxygen atoms in total. The summed E-state index contributed by atoms with van der Waals surface area (Å²) in [7, 11) is -2.80. The lowest BCUT2D eigenvalue weighted by molar-refractivity contribution is 0.168. The summed E-state index contributed by atoms with van der Waals surface area (Å²) in [6.45, 7) is 4.13. The summed E-state index contributed by atoms with van der Waals surface area (Å²) in [5.41, 5.74) is 0. The molecule has 0 fully saturated rings. The summed E-state index contributed by atoms with van der Waals surface area (Å²) in [5.74, 6) is 0. The van der Waals surface area contributed by atoms with E-state index in [1.807, 2.05) is 0 Å². The Morgan fingerprint density at radius 3 is 0.653 bits per heavy atom. The van der Waals surface area contributed by atoms with Gasteiger partial charge in [-0.3, -0.25) is 4.90 Å². The van der Waals surface area contributed by atoms with Crippen LogP contribution in [0.1, 0.15) is 0 Å². The molecule has 0 amide bonds. The Balaban J connectivity index is 1.15. The molecular weight excluding hydrogens is 659 g/mol. The standard InChI is InChI=1S/C42H42NO3P3/c1-7-19-37(20-8-1)47(38-21-9-2-10-22-38)44-34-31-43(32-35-45-48(39-23-11-3-12-24-39)40-25-13-4-14-26-40)33-36-46-49(41-27-15-5-16-28-41)42-29-17-6-18-30-42/h1-30H,31-36H2. The number of hydrogen-bond donors (Lipinski definition) is 0. The Labute approximate surface area is 295 Å². The molecule has 0 heterocycles. The van der Waals surface area contributed by atoms with Crippen LogP contribution in [0, 0.1) is 0 Å². The predicted octanol–water partition coefficient (Wildman–Crippen LogP) is 7.48. The van der Waals surface area contributed by atoms with Crippen molar-refractivity contribution in [2.75, 3.05) is 39.5 Å². The fourth-order valence-electron chi connectivity index (χ4n) is 5.39. The minimum absolute atomic E-state index is 0.605. The molecule has 0 bridgehead atoms. The Bertz CT molecular complexity index is 1420. The van der Waals surface area contributed by atoms with Crippen LogP contribution in [0.15, 0.2) is 182 Å². The molecule has 0 aliphatic carbocycles. The fourth-order valence-corrected chi connectivity index (χ4v) is 10.6. The molecule has 0 aliphatic heterocycles. The number of hydrogen-bond acceptors (Lipinski definition) is 4. The van der Waals surface area contributed by atoms with Crippen molar-refractivity contribution >= 4 is 56.3 Å². The van der Waals surface area contributed by atoms with Gasteiger partial charge in [0.15, 0.2) is 0 Å². The predicted molar refractivity (Wildman–Crippen MR) is 212 cm³/mol. The second-order valence-corrected chi connectivity index (χ2v) is 16.9. The summed E-state index contributed by atoms with van der Waals surface area (Å²) >= 11 is 0. The zero-order valence-electron chi connectivity index (χ0n) is 27.6. The van der Waals surface area contributed by atoms with Crippen molar-refractivity contribution in [3.05, 3.63) is 182 Å². The van der Waals surface area contributed by atoms with E-state index < -0.39 is 24.4 Å². The number of nitrogens with zero attached hydrogens (tertiary/aromatic N) is 1.